The average molecular weight is 336 g/mol. The Balaban J connectivity index is 1.99. The van der Waals surface area contributed by atoms with Crippen molar-refractivity contribution in [1.29, 1.82) is 0 Å². The number of hydrogen-bond donors (Lipinski definition) is 1. The van der Waals surface area contributed by atoms with Crippen LogP contribution in [0, 0.1) is 6.92 Å². The minimum atomic E-state index is -0.946. The second kappa shape index (κ2) is 6.84. The largest absolute Gasteiger partial charge is 0.481 e. The third-order valence-electron chi connectivity index (χ3n) is 3.96. The number of hydrogen-bond acceptors (Lipinski definition) is 4. The maximum atomic E-state index is 11.1. The number of azo groups is 1. The molecule has 2 aromatic heterocycles. The number of rotatable bonds is 5. The van der Waals surface area contributed by atoms with Gasteiger partial charge in [-0.3, -0.25) is 9.20 Å². The summed E-state index contributed by atoms with van der Waals surface area (Å²) in [4.78, 5) is 15.5. The molecule has 3 aromatic rings. The number of benzene rings is 1. The van der Waals surface area contributed by atoms with Crippen LogP contribution < -0.4 is 0 Å². The van der Waals surface area contributed by atoms with E-state index in [9.17, 15) is 4.79 Å². The van der Waals surface area contributed by atoms with Crippen molar-refractivity contribution in [2.75, 3.05) is 0 Å². The smallest absolute Gasteiger partial charge is 0.309 e. The Labute approximate surface area is 145 Å². The van der Waals surface area contributed by atoms with Gasteiger partial charge in [-0.05, 0) is 48.2 Å². The second-order valence-corrected chi connectivity index (χ2v) is 6.33. The van der Waals surface area contributed by atoms with Gasteiger partial charge < -0.3 is 5.11 Å². The van der Waals surface area contributed by atoms with Crippen molar-refractivity contribution in [2.45, 2.75) is 33.1 Å². The van der Waals surface area contributed by atoms with E-state index in [2.05, 4.69) is 29.1 Å². The van der Waals surface area contributed by atoms with Crippen LogP contribution in [0.2, 0.25) is 0 Å². The molecule has 0 unspecified atom stereocenters. The summed E-state index contributed by atoms with van der Waals surface area (Å²) >= 11 is 0. The fourth-order valence-corrected chi connectivity index (χ4v) is 2.58. The minimum Gasteiger partial charge on any atom is -0.481 e. The topological polar surface area (TPSA) is 79.3 Å². The van der Waals surface area contributed by atoms with E-state index < -0.39 is 5.97 Å². The molecule has 6 heteroatoms. The molecule has 1 N–H and O–H groups in total. The zero-order valence-corrected chi connectivity index (χ0v) is 14.5. The number of aryl methyl sites for hydroxylation is 1. The van der Waals surface area contributed by atoms with E-state index in [0.717, 1.165) is 5.56 Å². The molecular formula is C19H20N4O2. The fraction of sp³-hybridized carbons (Fsp3) is 0.263. The van der Waals surface area contributed by atoms with Gasteiger partial charge in [-0.25, -0.2) is 4.98 Å². The number of carboxylic acid groups (broad SMARTS) is 1. The molecule has 1 aromatic carbocycles. The predicted molar refractivity (Wildman–Crippen MR) is 96.0 cm³/mol. The first-order valence-corrected chi connectivity index (χ1v) is 8.15. The maximum Gasteiger partial charge on any atom is 0.309 e. The molecule has 2 heterocycles. The van der Waals surface area contributed by atoms with Crippen LogP contribution in [0.15, 0.2) is 52.8 Å². The van der Waals surface area contributed by atoms with Gasteiger partial charge in [0.05, 0.1) is 17.8 Å². The summed E-state index contributed by atoms with van der Waals surface area (Å²) in [5.74, 6) is -0.0432. The number of carbonyl (C=O) groups is 1. The highest BCUT2D eigenvalue weighted by Crippen LogP contribution is 2.26. The molecule has 0 fully saturated rings. The number of aromatic nitrogens is 2. The lowest BCUT2D eigenvalue weighted by Crippen LogP contribution is -2.00. The molecule has 128 valence electrons. The molecule has 0 spiro atoms. The van der Waals surface area contributed by atoms with Gasteiger partial charge in [0.25, 0.3) is 0 Å². The Bertz CT molecular complexity index is 940. The molecule has 0 aliphatic heterocycles. The van der Waals surface area contributed by atoms with Crippen molar-refractivity contribution in [3.63, 3.8) is 0 Å². The van der Waals surface area contributed by atoms with Gasteiger partial charge in [0.1, 0.15) is 5.65 Å². The zero-order chi connectivity index (χ0) is 18.0. The van der Waals surface area contributed by atoms with Crippen molar-refractivity contribution in [2.24, 2.45) is 10.2 Å². The molecule has 0 bridgehead atoms. The third kappa shape index (κ3) is 3.74. The van der Waals surface area contributed by atoms with E-state index in [0.29, 0.717) is 28.8 Å². The van der Waals surface area contributed by atoms with Gasteiger partial charge in [-0.2, -0.15) is 0 Å². The summed E-state index contributed by atoms with van der Waals surface area (Å²) in [6.45, 7) is 6.23. The summed E-state index contributed by atoms with van der Waals surface area (Å²) < 4.78 is 1.76. The molecule has 0 saturated carbocycles. The highest BCUT2D eigenvalue weighted by Gasteiger charge is 2.15. The van der Waals surface area contributed by atoms with Crippen molar-refractivity contribution in [3.05, 3.63) is 59.4 Å². The van der Waals surface area contributed by atoms with Crippen molar-refractivity contribution in [1.82, 2.24) is 9.38 Å². The van der Waals surface area contributed by atoms with Crippen molar-refractivity contribution in [3.8, 4) is 0 Å². The first-order chi connectivity index (χ1) is 11.9. The molecule has 25 heavy (non-hydrogen) atoms. The fourth-order valence-electron chi connectivity index (χ4n) is 2.58. The molecule has 0 aliphatic carbocycles. The highest BCUT2D eigenvalue weighted by molar-refractivity contribution is 5.72. The zero-order valence-electron chi connectivity index (χ0n) is 14.5. The summed E-state index contributed by atoms with van der Waals surface area (Å²) in [7, 11) is 0. The number of fused-ring (bicyclic) bond motifs is 1. The number of imidazole rings is 1. The molecular weight excluding hydrogens is 316 g/mol. The molecule has 0 atom stereocenters. The number of carboxylic acids is 1. The van der Waals surface area contributed by atoms with Gasteiger partial charge >= 0.3 is 5.97 Å². The van der Waals surface area contributed by atoms with Crippen LogP contribution in [0.1, 0.15) is 36.6 Å². The lowest BCUT2D eigenvalue weighted by atomic mass is 10.0. The lowest BCUT2D eigenvalue weighted by Gasteiger charge is -2.04. The van der Waals surface area contributed by atoms with Gasteiger partial charge in [0.15, 0.2) is 5.82 Å². The van der Waals surface area contributed by atoms with Crippen LogP contribution in [-0.2, 0) is 11.2 Å². The Morgan fingerprint density at radius 1 is 1.20 bits per heavy atom. The quantitative estimate of drug-likeness (QED) is 0.679. The van der Waals surface area contributed by atoms with Gasteiger partial charge in [0.2, 0.25) is 0 Å². The van der Waals surface area contributed by atoms with Crippen LogP contribution in [0.25, 0.3) is 5.65 Å². The SMILES string of the molecule is Cc1ccn2c(N=Nc3ccc(C(C)C)cc3)c(CC(=O)O)nc2c1. The number of nitrogens with zero attached hydrogens (tertiary/aromatic N) is 4. The molecule has 0 radical (unpaired) electrons. The van der Waals surface area contributed by atoms with Crippen LogP contribution in [-0.4, -0.2) is 20.5 Å². The Morgan fingerprint density at radius 3 is 2.56 bits per heavy atom. The monoisotopic (exact) mass is 336 g/mol. The third-order valence-corrected chi connectivity index (χ3v) is 3.96. The first-order valence-electron chi connectivity index (χ1n) is 8.15. The Kier molecular flexibility index (Phi) is 4.61. The minimum absolute atomic E-state index is 0.193. The molecule has 0 saturated heterocycles. The van der Waals surface area contributed by atoms with Gasteiger partial charge in [-0.15, -0.1) is 10.2 Å². The Hall–Kier alpha value is -3.02. The van der Waals surface area contributed by atoms with E-state index in [1.807, 2.05) is 49.5 Å². The van der Waals surface area contributed by atoms with Gasteiger partial charge in [0, 0.05) is 6.20 Å². The van der Waals surface area contributed by atoms with E-state index in [-0.39, 0.29) is 6.42 Å². The molecule has 0 amide bonds. The van der Waals surface area contributed by atoms with E-state index >= 15 is 0 Å². The van der Waals surface area contributed by atoms with Crippen molar-refractivity contribution < 1.29 is 9.90 Å². The summed E-state index contributed by atoms with van der Waals surface area (Å²) in [5.41, 5.74) is 4.07. The van der Waals surface area contributed by atoms with Crippen LogP contribution in [0.3, 0.4) is 0 Å². The Morgan fingerprint density at radius 2 is 1.92 bits per heavy atom. The number of pyridine rings is 1. The van der Waals surface area contributed by atoms with Gasteiger partial charge in [-0.1, -0.05) is 26.0 Å². The highest BCUT2D eigenvalue weighted by atomic mass is 16.4. The number of aliphatic carboxylic acids is 1. The average Bonchev–Trinajstić information content (AvgIpc) is 2.88. The normalized spacial score (nSPS) is 11.7. The van der Waals surface area contributed by atoms with E-state index in [1.54, 1.807) is 4.40 Å². The maximum absolute atomic E-state index is 11.1. The van der Waals surface area contributed by atoms with E-state index in [4.69, 9.17) is 5.11 Å². The second-order valence-electron chi connectivity index (χ2n) is 6.33. The lowest BCUT2D eigenvalue weighted by molar-refractivity contribution is -0.136. The van der Waals surface area contributed by atoms with Crippen LogP contribution in [0.4, 0.5) is 11.5 Å². The standard InChI is InChI=1S/C19H20N4O2/c1-12(2)14-4-6-15(7-5-14)21-22-19-16(11-18(24)25)20-17-10-13(3)8-9-23(17)19/h4-10,12H,11H2,1-3H3,(H,24,25). The predicted octanol–water partition coefficient (Wildman–Crippen LogP) is 4.81. The van der Waals surface area contributed by atoms with Crippen LogP contribution >= 0.6 is 0 Å². The summed E-state index contributed by atoms with van der Waals surface area (Å²) in [5, 5.41) is 17.7. The van der Waals surface area contributed by atoms with Crippen molar-refractivity contribution >= 4 is 23.1 Å². The molecule has 0 aliphatic rings. The molecule has 6 nitrogen and oxygen atoms in total. The summed E-state index contributed by atoms with van der Waals surface area (Å²) in [6.07, 6.45) is 1.64. The molecule has 3 rings (SSSR count). The first kappa shape index (κ1) is 16.8. The van der Waals surface area contributed by atoms with Crippen LogP contribution in [0.5, 0.6) is 0 Å². The summed E-state index contributed by atoms with van der Waals surface area (Å²) in [6, 6.07) is 11.7. The van der Waals surface area contributed by atoms with E-state index in [1.165, 1.54) is 5.56 Å².